The molecule has 0 unspecified atom stereocenters. The molecule has 0 saturated carbocycles. The maximum Gasteiger partial charge on any atom is 0.270 e. The van der Waals surface area contributed by atoms with E-state index in [0.717, 1.165) is 11.1 Å². The van der Waals surface area contributed by atoms with Crippen LogP contribution in [0.3, 0.4) is 0 Å². The van der Waals surface area contributed by atoms with Gasteiger partial charge in [0.2, 0.25) is 0 Å². The minimum absolute atomic E-state index is 0.0444. The first-order valence-electron chi connectivity index (χ1n) is 11.2. The van der Waals surface area contributed by atoms with Crippen molar-refractivity contribution in [3.63, 3.8) is 0 Å². The Kier molecular flexibility index (Phi) is 7.00. The average molecular weight is 497 g/mol. The maximum atomic E-state index is 13.6. The molecule has 3 rings (SSSR count). The van der Waals surface area contributed by atoms with Crippen LogP contribution in [0.1, 0.15) is 58.2 Å². The molecule has 0 spiro atoms. The zero-order valence-electron chi connectivity index (χ0n) is 21.4. The van der Waals surface area contributed by atoms with Gasteiger partial charge in [0.1, 0.15) is 22.8 Å². The largest absolute Gasteiger partial charge is 0.507 e. The number of phenolic OH excluding ortho intramolecular Hbond substituents is 1. The Balaban J connectivity index is 2.17. The highest BCUT2D eigenvalue weighted by Gasteiger charge is 2.36. The van der Waals surface area contributed by atoms with Crippen molar-refractivity contribution in [2.45, 2.75) is 52.4 Å². The predicted octanol–water partition coefficient (Wildman–Crippen LogP) is 4.84. The molecular formula is C27H32N2O5S. The molecule has 0 atom stereocenters. The van der Waals surface area contributed by atoms with E-state index in [1.807, 2.05) is 53.7 Å². The quantitative estimate of drug-likeness (QED) is 0.358. The van der Waals surface area contributed by atoms with Crippen LogP contribution in [0.2, 0.25) is 0 Å². The zero-order valence-corrected chi connectivity index (χ0v) is 22.2. The Morgan fingerprint density at radius 2 is 1.51 bits per heavy atom. The van der Waals surface area contributed by atoms with Gasteiger partial charge in [0.25, 0.3) is 11.8 Å². The number of methoxy groups -OCH3 is 2. The summed E-state index contributed by atoms with van der Waals surface area (Å²) >= 11 is 5.33. The van der Waals surface area contributed by atoms with Gasteiger partial charge in [-0.1, -0.05) is 41.5 Å². The average Bonchev–Trinajstić information content (AvgIpc) is 2.75. The highest BCUT2D eigenvalue weighted by molar-refractivity contribution is 7.80. The van der Waals surface area contributed by atoms with Gasteiger partial charge in [-0.25, -0.2) is 4.90 Å². The fraction of sp³-hybridized carbons (Fsp3) is 0.370. The number of hydrogen-bond donors (Lipinski definition) is 2. The van der Waals surface area contributed by atoms with E-state index in [1.54, 1.807) is 18.2 Å². The molecule has 186 valence electrons. The number of nitrogens with one attached hydrogen (secondary N) is 1. The van der Waals surface area contributed by atoms with E-state index in [-0.39, 0.29) is 27.3 Å². The Morgan fingerprint density at radius 1 is 0.943 bits per heavy atom. The monoisotopic (exact) mass is 496 g/mol. The summed E-state index contributed by atoms with van der Waals surface area (Å²) in [7, 11) is 3.01. The van der Waals surface area contributed by atoms with Crippen LogP contribution in [0.4, 0.5) is 5.69 Å². The highest BCUT2D eigenvalue weighted by Crippen LogP contribution is 2.40. The third kappa shape index (κ3) is 5.17. The molecule has 1 heterocycles. The number of rotatable bonds is 4. The SMILES string of the molecule is COc1ccc(N2C(=O)/C(=C/c3cc(C(C)(C)C)c(O)c(C(C)(C)C)c3)C(=O)NC2=S)c(OC)c1. The molecular weight excluding hydrogens is 464 g/mol. The van der Waals surface area contributed by atoms with E-state index in [1.165, 1.54) is 25.2 Å². The first-order chi connectivity index (χ1) is 16.2. The molecule has 1 aliphatic rings. The van der Waals surface area contributed by atoms with Gasteiger partial charge < -0.3 is 14.6 Å². The van der Waals surface area contributed by atoms with Crippen LogP contribution in [0, 0.1) is 0 Å². The van der Waals surface area contributed by atoms with Crippen LogP contribution in [-0.4, -0.2) is 36.3 Å². The molecule has 0 bridgehead atoms. The Labute approximate surface area is 211 Å². The smallest absolute Gasteiger partial charge is 0.270 e. The number of aromatic hydroxyl groups is 1. The van der Waals surface area contributed by atoms with Crippen LogP contribution in [0.5, 0.6) is 17.2 Å². The van der Waals surface area contributed by atoms with E-state index in [9.17, 15) is 14.7 Å². The summed E-state index contributed by atoms with van der Waals surface area (Å²) in [6, 6.07) is 8.58. The highest BCUT2D eigenvalue weighted by atomic mass is 32.1. The van der Waals surface area contributed by atoms with Crippen LogP contribution in [0.25, 0.3) is 6.08 Å². The number of anilines is 1. The van der Waals surface area contributed by atoms with Crippen LogP contribution in [0.15, 0.2) is 35.9 Å². The lowest BCUT2D eigenvalue weighted by molar-refractivity contribution is -0.122. The number of benzene rings is 2. The standard InChI is InChI=1S/C27H32N2O5S/c1-26(2,3)18-12-15(13-19(22(18)30)27(4,5)6)11-17-23(31)28-25(35)29(24(17)32)20-10-9-16(33-7)14-21(20)34-8/h9-14,30H,1-8H3,(H,28,31,35)/b17-11+. The molecule has 1 saturated heterocycles. The topological polar surface area (TPSA) is 88.1 Å². The van der Waals surface area contributed by atoms with E-state index in [2.05, 4.69) is 5.32 Å². The van der Waals surface area contributed by atoms with Crippen LogP contribution >= 0.6 is 12.2 Å². The number of phenols is 1. The van der Waals surface area contributed by atoms with Crippen molar-refractivity contribution in [2.75, 3.05) is 19.1 Å². The van der Waals surface area contributed by atoms with E-state index in [4.69, 9.17) is 21.7 Å². The lowest BCUT2D eigenvalue weighted by Crippen LogP contribution is -2.54. The number of hydrogen-bond acceptors (Lipinski definition) is 6. The van der Waals surface area contributed by atoms with Crippen molar-refractivity contribution in [3.05, 3.63) is 52.6 Å². The van der Waals surface area contributed by atoms with Crippen molar-refractivity contribution in [1.82, 2.24) is 5.32 Å². The summed E-state index contributed by atoms with van der Waals surface area (Å²) in [4.78, 5) is 27.7. The maximum absolute atomic E-state index is 13.6. The molecule has 1 fully saturated rings. The van der Waals surface area contributed by atoms with E-state index in [0.29, 0.717) is 22.7 Å². The van der Waals surface area contributed by atoms with Gasteiger partial charge in [0.15, 0.2) is 5.11 Å². The lowest BCUT2D eigenvalue weighted by Gasteiger charge is -2.30. The van der Waals surface area contributed by atoms with Crippen LogP contribution in [-0.2, 0) is 20.4 Å². The second-order valence-electron chi connectivity index (χ2n) is 10.5. The molecule has 0 aliphatic carbocycles. The van der Waals surface area contributed by atoms with Crippen molar-refractivity contribution in [2.24, 2.45) is 0 Å². The fourth-order valence-corrected chi connectivity index (χ4v) is 4.17. The van der Waals surface area contributed by atoms with Gasteiger partial charge in [-0.05, 0) is 59.0 Å². The predicted molar refractivity (Wildman–Crippen MR) is 141 cm³/mol. The molecule has 0 aromatic heterocycles. The molecule has 7 nitrogen and oxygen atoms in total. The van der Waals surface area contributed by atoms with Crippen LogP contribution < -0.4 is 19.7 Å². The van der Waals surface area contributed by atoms with Gasteiger partial charge in [0.05, 0.1) is 19.9 Å². The molecule has 35 heavy (non-hydrogen) atoms. The number of amides is 2. The van der Waals surface area contributed by atoms with Crippen molar-refractivity contribution in [3.8, 4) is 17.2 Å². The third-order valence-corrected chi connectivity index (χ3v) is 6.07. The van der Waals surface area contributed by atoms with Gasteiger partial charge in [0, 0.05) is 17.2 Å². The Bertz CT molecular complexity index is 1200. The summed E-state index contributed by atoms with van der Waals surface area (Å²) in [5, 5.41) is 13.6. The van der Waals surface area contributed by atoms with E-state index < -0.39 is 11.8 Å². The van der Waals surface area contributed by atoms with Crippen molar-refractivity contribution < 1.29 is 24.2 Å². The summed E-state index contributed by atoms with van der Waals surface area (Å²) < 4.78 is 10.7. The second kappa shape index (κ2) is 9.34. The molecule has 8 heteroatoms. The first-order valence-corrected chi connectivity index (χ1v) is 11.6. The summed E-state index contributed by atoms with van der Waals surface area (Å²) in [5.74, 6) is -0.0341. The molecule has 1 aliphatic heterocycles. The second-order valence-corrected chi connectivity index (χ2v) is 10.8. The van der Waals surface area contributed by atoms with E-state index >= 15 is 0 Å². The lowest BCUT2D eigenvalue weighted by atomic mass is 9.78. The molecule has 2 aromatic carbocycles. The Hall–Kier alpha value is -3.39. The van der Waals surface area contributed by atoms with Gasteiger partial charge in [-0.15, -0.1) is 0 Å². The fourth-order valence-electron chi connectivity index (χ4n) is 3.90. The van der Waals surface area contributed by atoms with Gasteiger partial charge in [-0.3, -0.25) is 14.9 Å². The number of nitrogens with zero attached hydrogens (tertiary/aromatic N) is 1. The number of thiocarbonyl (C=S) groups is 1. The molecule has 2 amide bonds. The van der Waals surface area contributed by atoms with Crippen molar-refractivity contribution in [1.29, 1.82) is 0 Å². The number of carbonyl (C=O) groups is 2. The van der Waals surface area contributed by atoms with Gasteiger partial charge >= 0.3 is 0 Å². The normalized spacial score (nSPS) is 15.9. The summed E-state index contributed by atoms with van der Waals surface area (Å²) in [6.07, 6.45) is 1.53. The first kappa shape index (κ1) is 26.2. The molecule has 2 aromatic rings. The molecule has 0 radical (unpaired) electrons. The number of ether oxygens (including phenoxy) is 2. The molecule has 2 N–H and O–H groups in total. The summed E-state index contributed by atoms with van der Waals surface area (Å²) in [5.41, 5.74) is 1.66. The zero-order chi connectivity index (χ0) is 26.3. The minimum atomic E-state index is -0.591. The Morgan fingerprint density at radius 3 is 2.00 bits per heavy atom. The van der Waals surface area contributed by atoms with Gasteiger partial charge in [-0.2, -0.15) is 0 Å². The summed E-state index contributed by atoms with van der Waals surface area (Å²) in [6.45, 7) is 12.0. The number of carbonyl (C=O) groups excluding carboxylic acids is 2. The van der Waals surface area contributed by atoms with Crippen molar-refractivity contribution >= 4 is 40.9 Å². The third-order valence-electron chi connectivity index (χ3n) is 5.79. The minimum Gasteiger partial charge on any atom is -0.507 e.